The Labute approximate surface area is 134 Å². The molecule has 2 aromatic heterocycles. The summed E-state index contributed by atoms with van der Waals surface area (Å²) in [6, 6.07) is 3.74. The molecule has 0 unspecified atom stereocenters. The summed E-state index contributed by atoms with van der Waals surface area (Å²) in [5.74, 6) is 0.389. The summed E-state index contributed by atoms with van der Waals surface area (Å²) in [6.07, 6.45) is 5.17. The van der Waals surface area contributed by atoms with Gasteiger partial charge in [0.15, 0.2) is 0 Å². The van der Waals surface area contributed by atoms with Crippen molar-refractivity contribution >= 4 is 11.9 Å². The van der Waals surface area contributed by atoms with Gasteiger partial charge in [-0.2, -0.15) is 5.10 Å². The third-order valence-corrected chi connectivity index (χ3v) is 3.80. The van der Waals surface area contributed by atoms with Crippen molar-refractivity contribution in [3.8, 4) is 0 Å². The maximum absolute atomic E-state index is 12.5. The van der Waals surface area contributed by atoms with E-state index in [1.807, 2.05) is 15.6 Å². The minimum atomic E-state index is -0.225. The predicted octanol–water partition coefficient (Wildman–Crippen LogP) is 0.0721. The second-order valence-electron chi connectivity index (χ2n) is 5.41. The van der Waals surface area contributed by atoms with Crippen molar-refractivity contribution in [1.29, 1.82) is 0 Å². The van der Waals surface area contributed by atoms with Gasteiger partial charge < -0.3 is 15.0 Å². The molecule has 8 heteroatoms. The zero-order valence-corrected chi connectivity index (χ0v) is 13.1. The van der Waals surface area contributed by atoms with Gasteiger partial charge in [0.25, 0.3) is 0 Å². The highest BCUT2D eigenvalue weighted by Crippen LogP contribution is 2.19. The number of carbonyl (C=O) groups is 1. The van der Waals surface area contributed by atoms with Gasteiger partial charge in [0.2, 0.25) is 11.9 Å². The number of nitrogens with zero attached hydrogens (tertiary/aromatic N) is 5. The van der Waals surface area contributed by atoms with Crippen LogP contribution in [0.5, 0.6) is 0 Å². The molecule has 122 valence electrons. The number of amides is 1. The monoisotopic (exact) mass is 316 g/mol. The highest BCUT2D eigenvalue weighted by atomic mass is 16.5. The van der Waals surface area contributed by atoms with Gasteiger partial charge in [0, 0.05) is 38.8 Å². The molecular weight excluding hydrogens is 296 g/mol. The summed E-state index contributed by atoms with van der Waals surface area (Å²) >= 11 is 0. The molecule has 3 rings (SSSR count). The number of hydrogen-bond acceptors (Lipinski definition) is 6. The summed E-state index contributed by atoms with van der Waals surface area (Å²) in [4.78, 5) is 23.1. The Morgan fingerprint density at radius 1 is 1.35 bits per heavy atom. The van der Waals surface area contributed by atoms with Gasteiger partial charge in [0.05, 0.1) is 31.3 Å². The van der Waals surface area contributed by atoms with Crippen LogP contribution in [0.15, 0.2) is 30.7 Å². The molecule has 1 N–H and O–H groups in total. The number of carbonyl (C=O) groups excluding carboxylic acids is 1. The van der Waals surface area contributed by atoms with Gasteiger partial charge in [-0.15, -0.1) is 0 Å². The van der Waals surface area contributed by atoms with Crippen LogP contribution in [-0.2, 0) is 22.6 Å². The van der Waals surface area contributed by atoms with Gasteiger partial charge in [-0.25, -0.2) is 9.97 Å². The van der Waals surface area contributed by atoms with E-state index in [9.17, 15) is 4.79 Å². The highest BCUT2D eigenvalue weighted by Gasteiger charge is 2.28. The number of ether oxygens (including phenoxy) is 1. The van der Waals surface area contributed by atoms with Crippen LogP contribution in [0, 0.1) is 5.92 Å². The zero-order chi connectivity index (χ0) is 16.1. The van der Waals surface area contributed by atoms with Gasteiger partial charge in [-0.05, 0) is 12.1 Å². The molecule has 23 heavy (non-hydrogen) atoms. The Hall–Kier alpha value is -2.48. The van der Waals surface area contributed by atoms with Gasteiger partial charge in [0.1, 0.15) is 0 Å². The quantitative estimate of drug-likeness (QED) is 0.786. The molecule has 0 radical (unpaired) electrons. The first-order chi connectivity index (χ1) is 11.3. The molecular formula is C15H20N6O2. The average molecular weight is 316 g/mol. The van der Waals surface area contributed by atoms with E-state index >= 15 is 0 Å². The maximum Gasteiger partial charge on any atom is 0.226 e. The van der Waals surface area contributed by atoms with Crippen molar-refractivity contribution < 1.29 is 9.53 Å². The summed E-state index contributed by atoms with van der Waals surface area (Å²) in [5.41, 5.74) is 1.05. The van der Waals surface area contributed by atoms with E-state index < -0.39 is 0 Å². The molecule has 1 atom stereocenters. The van der Waals surface area contributed by atoms with Crippen molar-refractivity contribution in [2.24, 2.45) is 5.92 Å². The Kier molecular flexibility index (Phi) is 4.82. The number of rotatable bonds is 5. The second-order valence-corrected chi connectivity index (χ2v) is 5.41. The standard InChI is InChI=1S/C15H20N6O2/c1-23-8-7-16-14(22)12-9-20(15-17-4-2-5-18-15)11-13-3-6-19-21(13)10-12/h2-6,12H,7-11H2,1H3,(H,16,22)/t12-/m1/s1. The van der Waals surface area contributed by atoms with Crippen LogP contribution < -0.4 is 10.2 Å². The van der Waals surface area contributed by atoms with Crippen molar-refractivity contribution in [3.63, 3.8) is 0 Å². The first-order valence-corrected chi connectivity index (χ1v) is 7.57. The molecule has 1 aliphatic heterocycles. The number of fused-ring (bicyclic) bond motifs is 1. The second kappa shape index (κ2) is 7.19. The minimum absolute atomic E-state index is 0.00803. The lowest BCUT2D eigenvalue weighted by molar-refractivity contribution is -0.125. The summed E-state index contributed by atoms with van der Waals surface area (Å²) in [7, 11) is 1.61. The molecule has 0 spiro atoms. The third kappa shape index (κ3) is 3.65. The van der Waals surface area contributed by atoms with E-state index in [1.165, 1.54) is 0 Å². The first-order valence-electron chi connectivity index (χ1n) is 7.57. The van der Waals surface area contributed by atoms with Gasteiger partial charge in [-0.3, -0.25) is 9.48 Å². The maximum atomic E-state index is 12.5. The first kappa shape index (κ1) is 15.4. The molecule has 0 bridgehead atoms. The summed E-state index contributed by atoms with van der Waals surface area (Å²) in [6.45, 7) is 2.72. The van der Waals surface area contributed by atoms with Crippen LogP contribution in [0.25, 0.3) is 0 Å². The fraction of sp³-hybridized carbons (Fsp3) is 0.467. The lowest BCUT2D eigenvalue weighted by Gasteiger charge is -2.23. The minimum Gasteiger partial charge on any atom is -0.383 e. The lowest BCUT2D eigenvalue weighted by Crippen LogP contribution is -2.40. The molecule has 0 saturated carbocycles. The number of hydrogen-bond donors (Lipinski definition) is 1. The Balaban J connectivity index is 1.79. The third-order valence-electron chi connectivity index (χ3n) is 3.80. The average Bonchev–Trinajstić information content (AvgIpc) is 2.93. The van der Waals surface area contributed by atoms with Crippen LogP contribution in [0.4, 0.5) is 5.95 Å². The SMILES string of the molecule is COCCNC(=O)[C@@H]1CN(c2ncccn2)Cc2ccnn2C1. The predicted molar refractivity (Wildman–Crippen MR) is 83.7 cm³/mol. The Bertz CT molecular complexity index is 644. The van der Waals surface area contributed by atoms with Crippen LogP contribution in [0.1, 0.15) is 5.69 Å². The summed E-state index contributed by atoms with van der Waals surface area (Å²) in [5, 5.41) is 7.22. The van der Waals surface area contributed by atoms with E-state index in [-0.39, 0.29) is 11.8 Å². The van der Waals surface area contributed by atoms with Crippen LogP contribution in [0.3, 0.4) is 0 Å². The molecule has 0 aromatic carbocycles. The Morgan fingerprint density at radius 3 is 2.96 bits per heavy atom. The number of nitrogens with one attached hydrogen (secondary N) is 1. The summed E-state index contributed by atoms with van der Waals surface area (Å²) < 4.78 is 6.85. The number of anilines is 1. The van der Waals surface area contributed by atoms with Crippen LogP contribution in [-0.4, -0.2) is 52.5 Å². The van der Waals surface area contributed by atoms with Crippen molar-refractivity contribution in [2.75, 3.05) is 31.7 Å². The van der Waals surface area contributed by atoms with Crippen LogP contribution in [0.2, 0.25) is 0 Å². The molecule has 0 fully saturated rings. The molecule has 0 aliphatic carbocycles. The van der Waals surface area contributed by atoms with E-state index in [0.29, 0.717) is 38.7 Å². The zero-order valence-electron chi connectivity index (χ0n) is 13.1. The fourth-order valence-electron chi connectivity index (χ4n) is 2.64. The molecule has 2 aromatic rings. The van der Waals surface area contributed by atoms with Crippen molar-refractivity contribution in [2.45, 2.75) is 13.1 Å². The van der Waals surface area contributed by atoms with Crippen LogP contribution >= 0.6 is 0 Å². The molecule has 0 saturated heterocycles. The van der Waals surface area contributed by atoms with E-state index in [2.05, 4.69) is 20.4 Å². The Morgan fingerprint density at radius 2 is 2.17 bits per heavy atom. The number of aromatic nitrogens is 4. The molecule has 1 amide bonds. The van der Waals surface area contributed by atoms with Crippen molar-refractivity contribution in [1.82, 2.24) is 25.1 Å². The van der Waals surface area contributed by atoms with E-state index in [4.69, 9.17) is 4.74 Å². The number of methoxy groups -OCH3 is 1. The highest BCUT2D eigenvalue weighted by molar-refractivity contribution is 5.79. The molecule has 1 aliphatic rings. The topological polar surface area (TPSA) is 85.2 Å². The smallest absolute Gasteiger partial charge is 0.226 e. The fourth-order valence-corrected chi connectivity index (χ4v) is 2.64. The molecule has 8 nitrogen and oxygen atoms in total. The van der Waals surface area contributed by atoms with Gasteiger partial charge >= 0.3 is 0 Å². The van der Waals surface area contributed by atoms with E-state index in [0.717, 1.165) is 5.69 Å². The van der Waals surface area contributed by atoms with E-state index in [1.54, 1.807) is 31.8 Å². The lowest BCUT2D eigenvalue weighted by atomic mass is 10.1. The van der Waals surface area contributed by atoms with Gasteiger partial charge in [-0.1, -0.05) is 0 Å². The normalized spacial score (nSPS) is 17.4. The molecule has 3 heterocycles. The van der Waals surface area contributed by atoms with Crippen molar-refractivity contribution in [3.05, 3.63) is 36.4 Å². The largest absolute Gasteiger partial charge is 0.383 e.